The third-order valence-corrected chi connectivity index (χ3v) is 9.66. The maximum absolute atomic E-state index is 13.4. The SMILES string of the molecule is Cc1cc(C2=CCC(c3ccc(OC(=O)c4ccc5c(c4)C(=O)OC5=O)cc3)CC2)cc(-c2ccccc2)c1OC(=O)c1ccc2c(c1)C(=O)OC2=O. The lowest BCUT2D eigenvalue weighted by molar-refractivity contribution is 0.0425. The molecule has 260 valence electrons. The van der Waals surface area contributed by atoms with Gasteiger partial charge in [-0.15, -0.1) is 0 Å². The second-order valence-electron chi connectivity index (χ2n) is 13.0. The average molecular weight is 705 g/mol. The highest BCUT2D eigenvalue weighted by Gasteiger charge is 2.32. The van der Waals surface area contributed by atoms with Crippen LogP contribution >= 0.6 is 0 Å². The van der Waals surface area contributed by atoms with Gasteiger partial charge in [-0.05, 0) is 121 Å². The molecular weight excluding hydrogens is 676 g/mol. The first-order chi connectivity index (χ1) is 25.6. The molecule has 53 heavy (non-hydrogen) atoms. The molecular formula is C43H28O10. The summed E-state index contributed by atoms with van der Waals surface area (Å²) in [4.78, 5) is 73.7. The van der Waals surface area contributed by atoms with E-state index in [1.807, 2.05) is 61.5 Å². The van der Waals surface area contributed by atoms with Crippen LogP contribution in [0.3, 0.4) is 0 Å². The number of benzene rings is 5. The zero-order valence-corrected chi connectivity index (χ0v) is 28.2. The molecule has 1 atom stereocenters. The van der Waals surface area contributed by atoms with Gasteiger partial charge in [0.05, 0.1) is 33.4 Å². The van der Waals surface area contributed by atoms with E-state index in [9.17, 15) is 28.8 Å². The number of esters is 6. The molecule has 0 amide bonds. The van der Waals surface area contributed by atoms with Crippen molar-refractivity contribution in [2.75, 3.05) is 0 Å². The van der Waals surface area contributed by atoms with Crippen LogP contribution in [0, 0.1) is 6.92 Å². The minimum absolute atomic E-state index is 0.0311. The van der Waals surface area contributed by atoms with Crippen molar-refractivity contribution in [3.8, 4) is 22.6 Å². The molecule has 2 heterocycles. The highest BCUT2D eigenvalue weighted by atomic mass is 16.6. The minimum Gasteiger partial charge on any atom is -0.423 e. The van der Waals surface area contributed by atoms with E-state index in [0.717, 1.165) is 47.1 Å². The quantitative estimate of drug-likeness (QED) is 0.0928. The first-order valence-corrected chi connectivity index (χ1v) is 16.9. The van der Waals surface area contributed by atoms with Crippen molar-refractivity contribution < 1.29 is 47.7 Å². The molecule has 5 aromatic carbocycles. The largest absolute Gasteiger partial charge is 0.423 e. The van der Waals surface area contributed by atoms with Crippen LogP contribution in [0.25, 0.3) is 16.7 Å². The van der Waals surface area contributed by atoms with Crippen LogP contribution in [0.1, 0.15) is 104 Å². The van der Waals surface area contributed by atoms with Gasteiger partial charge >= 0.3 is 35.8 Å². The van der Waals surface area contributed by atoms with Crippen LogP contribution in [-0.2, 0) is 9.47 Å². The number of allylic oxidation sites excluding steroid dienone is 2. The van der Waals surface area contributed by atoms with Crippen molar-refractivity contribution in [1.82, 2.24) is 0 Å². The summed E-state index contributed by atoms with van der Waals surface area (Å²) in [7, 11) is 0. The van der Waals surface area contributed by atoms with E-state index in [1.54, 1.807) is 12.1 Å². The Labute approximate surface area is 302 Å². The molecule has 10 nitrogen and oxygen atoms in total. The summed E-state index contributed by atoms with van der Waals surface area (Å²) >= 11 is 0. The molecule has 0 fully saturated rings. The number of hydrogen-bond donors (Lipinski definition) is 0. The zero-order valence-electron chi connectivity index (χ0n) is 28.2. The van der Waals surface area contributed by atoms with Gasteiger partial charge in [0.15, 0.2) is 0 Å². The molecule has 0 aromatic heterocycles. The summed E-state index contributed by atoms with van der Waals surface area (Å²) in [6.45, 7) is 1.89. The molecule has 10 heteroatoms. The second-order valence-corrected chi connectivity index (χ2v) is 13.0. The first kappa shape index (κ1) is 33.2. The van der Waals surface area contributed by atoms with Crippen LogP contribution in [0.5, 0.6) is 11.5 Å². The van der Waals surface area contributed by atoms with Crippen LogP contribution in [0.15, 0.2) is 109 Å². The number of carbonyl (C=O) groups is 6. The van der Waals surface area contributed by atoms with Crippen LogP contribution in [-0.4, -0.2) is 35.8 Å². The van der Waals surface area contributed by atoms with Crippen molar-refractivity contribution in [3.05, 3.63) is 159 Å². The van der Waals surface area contributed by atoms with Gasteiger partial charge in [0.25, 0.3) is 0 Å². The summed E-state index contributed by atoms with van der Waals surface area (Å²) in [5, 5.41) is 0. The number of carbonyl (C=O) groups excluding carboxylic acids is 6. The summed E-state index contributed by atoms with van der Waals surface area (Å²) in [5.41, 5.74) is 6.22. The van der Waals surface area contributed by atoms with Crippen molar-refractivity contribution in [3.63, 3.8) is 0 Å². The summed E-state index contributed by atoms with van der Waals surface area (Å²) in [6.07, 6.45) is 4.71. The molecule has 1 unspecified atom stereocenters. The maximum atomic E-state index is 13.4. The van der Waals surface area contributed by atoms with E-state index in [-0.39, 0.29) is 39.3 Å². The fourth-order valence-electron chi connectivity index (χ4n) is 6.88. The Morgan fingerprint density at radius 2 is 1.19 bits per heavy atom. The highest BCUT2D eigenvalue weighted by molar-refractivity contribution is 6.16. The number of fused-ring (bicyclic) bond motifs is 2. The summed E-state index contributed by atoms with van der Waals surface area (Å²) in [5.74, 6) is -3.39. The average Bonchev–Trinajstić information content (AvgIpc) is 3.63. The van der Waals surface area contributed by atoms with E-state index in [4.69, 9.17) is 9.47 Å². The Morgan fingerprint density at radius 1 is 0.604 bits per heavy atom. The number of aryl methyl sites for hydroxylation is 1. The number of hydrogen-bond acceptors (Lipinski definition) is 10. The third kappa shape index (κ3) is 6.31. The van der Waals surface area contributed by atoms with Gasteiger partial charge in [-0.1, -0.05) is 48.5 Å². The number of cyclic esters (lactones) is 4. The van der Waals surface area contributed by atoms with Crippen LogP contribution in [0.4, 0.5) is 0 Å². The van der Waals surface area contributed by atoms with Gasteiger partial charge in [-0.25, -0.2) is 28.8 Å². The second kappa shape index (κ2) is 13.3. The Balaban J connectivity index is 0.981. The topological polar surface area (TPSA) is 139 Å². The van der Waals surface area contributed by atoms with Gasteiger partial charge in [0, 0.05) is 5.56 Å². The molecule has 0 saturated carbocycles. The van der Waals surface area contributed by atoms with E-state index in [0.29, 0.717) is 11.5 Å². The van der Waals surface area contributed by atoms with E-state index in [1.165, 1.54) is 42.0 Å². The predicted molar refractivity (Wildman–Crippen MR) is 190 cm³/mol. The van der Waals surface area contributed by atoms with E-state index in [2.05, 4.69) is 15.5 Å². The van der Waals surface area contributed by atoms with E-state index < -0.39 is 35.8 Å². The Kier molecular flexibility index (Phi) is 8.34. The monoisotopic (exact) mass is 704 g/mol. The lowest BCUT2D eigenvalue weighted by Gasteiger charge is -2.24. The molecule has 5 aromatic rings. The molecule has 0 saturated heterocycles. The van der Waals surface area contributed by atoms with Gasteiger partial charge < -0.3 is 18.9 Å². The third-order valence-electron chi connectivity index (χ3n) is 9.66. The maximum Gasteiger partial charge on any atom is 0.346 e. The zero-order chi connectivity index (χ0) is 36.8. The molecule has 0 N–H and O–H groups in total. The minimum atomic E-state index is -0.796. The molecule has 2 aliphatic heterocycles. The highest BCUT2D eigenvalue weighted by Crippen LogP contribution is 2.41. The molecule has 0 radical (unpaired) electrons. The molecule has 0 spiro atoms. The van der Waals surface area contributed by atoms with Gasteiger partial charge in [0.1, 0.15) is 11.5 Å². The molecule has 8 rings (SSSR count). The first-order valence-electron chi connectivity index (χ1n) is 16.9. The van der Waals surface area contributed by atoms with Crippen LogP contribution in [0.2, 0.25) is 0 Å². The van der Waals surface area contributed by atoms with Gasteiger partial charge in [0.2, 0.25) is 0 Å². The molecule has 0 bridgehead atoms. The standard InChI is InChI=1S/C43H28O10/c1-23-19-30(22-34(27-5-3-2-4-6-27)37(23)51-39(45)29-14-18-33-36(21-29)43(49)53-41(33)47)26-9-7-24(8-10-26)25-11-15-31(16-12-25)50-38(44)28-13-17-32-35(20-28)42(48)52-40(32)46/h2-6,9,11-22,24H,7-8,10H2,1H3. The molecule has 3 aliphatic rings. The van der Waals surface area contributed by atoms with Gasteiger partial charge in [-0.3, -0.25) is 0 Å². The van der Waals surface area contributed by atoms with Crippen molar-refractivity contribution in [2.45, 2.75) is 32.1 Å². The number of ether oxygens (including phenoxy) is 4. The lowest BCUT2D eigenvalue weighted by Crippen LogP contribution is -2.12. The Bertz CT molecular complexity index is 2440. The van der Waals surface area contributed by atoms with E-state index >= 15 is 0 Å². The fourth-order valence-corrected chi connectivity index (χ4v) is 6.88. The lowest BCUT2D eigenvalue weighted by atomic mass is 9.82. The van der Waals surface area contributed by atoms with Crippen molar-refractivity contribution in [2.24, 2.45) is 0 Å². The molecule has 1 aliphatic carbocycles. The Morgan fingerprint density at radius 3 is 1.77 bits per heavy atom. The Hall–Kier alpha value is -6.94. The fraction of sp³-hybridized carbons (Fsp3) is 0.116. The smallest absolute Gasteiger partial charge is 0.346 e. The predicted octanol–water partition coefficient (Wildman–Crippen LogP) is 8.07. The summed E-state index contributed by atoms with van der Waals surface area (Å²) in [6, 6.07) is 29.3. The van der Waals surface area contributed by atoms with Crippen molar-refractivity contribution in [1.29, 1.82) is 0 Å². The van der Waals surface area contributed by atoms with Gasteiger partial charge in [-0.2, -0.15) is 0 Å². The summed E-state index contributed by atoms with van der Waals surface area (Å²) < 4.78 is 20.8. The van der Waals surface area contributed by atoms with Crippen molar-refractivity contribution >= 4 is 41.4 Å². The normalized spacial score (nSPS) is 15.9. The van der Waals surface area contributed by atoms with Crippen LogP contribution < -0.4 is 9.47 Å². The number of rotatable bonds is 7.